The summed E-state index contributed by atoms with van der Waals surface area (Å²) in [7, 11) is -2.61. The van der Waals surface area contributed by atoms with Gasteiger partial charge in [-0.15, -0.1) is 0 Å². The predicted octanol–water partition coefficient (Wildman–Crippen LogP) is 6.51. The van der Waals surface area contributed by atoms with Crippen LogP contribution in [0, 0.1) is 29.1 Å². The zero-order chi connectivity index (χ0) is 29.7. The molecule has 0 saturated carbocycles. The molecule has 0 bridgehead atoms. The first-order valence-corrected chi connectivity index (χ1v) is 13.5. The van der Waals surface area contributed by atoms with E-state index in [-0.39, 0.29) is 18.0 Å². The highest BCUT2D eigenvalue weighted by atomic mass is 32.2. The highest BCUT2D eigenvalue weighted by Crippen LogP contribution is 2.35. The van der Waals surface area contributed by atoms with Gasteiger partial charge in [-0.05, 0) is 35.4 Å². The lowest BCUT2D eigenvalue weighted by Crippen LogP contribution is -2.33. The molecule has 6 nitrogen and oxygen atoms in total. The zero-order valence-corrected chi connectivity index (χ0v) is 22.7. The third-order valence-corrected chi connectivity index (χ3v) is 7.99. The van der Waals surface area contributed by atoms with Crippen molar-refractivity contribution in [3.8, 4) is 11.5 Å². The molecule has 0 N–H and O–H groups in total. The van der Waals surface area contributed by atoms with Crippen molar-refractivity contribution in [3.05, 3.63) is 119 Å². The van der Waals surface area contributed by atoms with Crippen molar-refractivity contribution in [2.24, 2.45) is 0 Å². The monoisotopic (exact) mass is 593 g/mol. The van der Waals surface area contributed by atoms with Gasteiger partial charge in [-0.2, -0.15) is 0 Å². The second kappa shape index (κ2) is 12.6. The van der Waals surface area contributed by atoms with Gasteiger partial charge < -0.3 is 14.2 Å². The van der Waals surface area contributed by atoms with Crippen molar-refractivity contribution < 1.29 is 44.6 Å². The summed E-state index contributed by atoms with van der Waals surface area (Å²) in [5.41, 5.74) is -0.447. The molecule has 4 aromatic rings. The number of ether oxygens (including phenoxy) is 3. The Labute approximate surface area is 233 Å². The minimum Gasteiger partial charge on any atom is -0.497 e. The number of rotatable bonds is 11. The molecule has 0 spiro atoms. The fourth-order valence-electron chi connectivity index (χ4n) is 4.03. The molecule has 0 aliphatic carbocycles. The first kappa shape index (κ1) is 29.8. The van der Waals surface area contributed by atoms with Gasteiger partial charge in [-0.1, -0.05) is 42.5 Å². The molecular formula is C29H24F5NO5S. The van der Waals surface area contributed by atoms with Crippen molar-refractivity contribution in [2.45, 2.75) is 24.7 Å². The van der Waals surface area contributed by atoms with Crippen LogP contribution in [0.4, 0.5) is 27.6 Å². The van der Waals surface area contributed by atoms with Gasteiger partial charge in [0.05, 0.1) is 39.7 Å². The average molecular weight is 594 g/mol. The van der Waals surface area contributed by atoms with E-state index in [0.717, 1.165) is 12.1 Å². The minimum absolute atomic E-state index is 0.167. The molecule has 0 aliphatic rings. The quantitative estimate of drug-likeness (QED) is 0.113. The van der Waals surface area contributed by atoms with E-state index in [1.165, 1.54) is 44.6 Å². The van der Waals surface area contributed by atoms with Crippen LogP contribution >= 0.6 is 0 Å². The number of sulfonamides is 1. The van der Waals surface area contributed by atoms with E-state index in [0.29, 0.717) is 21.2 Å². The number of hydrogen-bond donors (Lipinski definition) is 0. The molecule has 0 fully saturated rings. The number of nitrogens with zero attached hydrogens (tertiary/aromatic N) is 1. The summed E-state index contributed by atoms with van der Waals surface area (Å²) in [6.45, 7) is -1.61. The van der Waals surface area contributed by atoms with Crippen LogP contribution in [0.5, 0.6) is 11.5 Å². The van der Waals surface area contributed by atoms with Crippen LogP contribution < -0.4 is 13.8 Å². The first-order valence-electron chi connectivity index (χ1n) is 12.0. The lowest BCUT2D eigenvalue weighted by Gasteiger charge is -2.27. The van der Waals surface area contributed by atoms with Crippen LogP contribution in [0.15, 0.2) is 77.7 Å². The molecule has 4 aromatic carbocycles. The number of benzene rings is 4. The molecule has 0 aliphatic heterocycles. The molecule has 0 heterocycles. The predicted molar refractivity (Wildman–Crippen MR) is 141 cm³/mol. The van der Waals surface area contributed by atoms with Crippen LogP contribution in [0.2, 0.25) is 0 Å². The number of methoxy groups -OCH3 is 2. The van der Waals surface area contributed by atoms with Crippen molar-refractivity contribution >= 4 is 15.7 Å². The molecule has 216 valence electrons. The molecule has 0 amide bonds. The summed E-state index contributed by atoms with van der Waals surface area (Å²) >= 11 is 0. The Hall–Kier alpha value is -4.16. The topological polar surface area (TPSA) is 65.1 Å². The van der Waals surface area contributed by atoms with Crippen molar-refractivity contribution in [2.75, 3.05) is 18.5 Å². The maximum atomic E-state index is 15.3. The minimum atomic E-state index is -5.23. The molecule has 0 saturated heterocycles. The van der Waals surface area contributed by atoms with Gasteiger partial charge in [0.2, 0.25) is 0 Å². The third-order valence-electron chi connectivity index (χ3n) is 6.13. The lowest BCUT2D eigenvalue weighted by atomic mass is 10.2. The summed E-state index contributed by atoms with van der Waals surface area (Å²) in [5.74, 6) is -9.31. The Kier molecular flexibility index (Phi) is 9.14. The molecular weight excluding hydrogens is 569 g/mol. The van der Waals surface area contributed by atoms with E-state index < -0.39 is 62.7 Å². The lowest BCUT2D eigenvalue weighted by molar-refractivity contribution is 0.101. The van der Waals surface area contributed by atoms with Crippen molar-refractivity contribution in [1.82, 2.24) is 0 Å². The van der Waals surface area contributed by atoms with Crippen LogP contribution in [-0.4, -0.2) is 22.6 Å². The number of hydrogen-bond acceptors (Lipinski definition) is 5. The molecule has 0 unspecified atom stereocenters. The maximum Gasteiger partial charge on any atom is 0.268 e. The zero-order valence-electron chi connectivity index (χ0n) is 21.8. The van der Waals surface area contributed by atoms with E-state index in [2.05, 4.69) is 0 Å². The normalized spacial score (nSPS) is 11.4. The molecule has 0 radical (unpaired) electrons. The summed E-state index contributed by atoms with van der Waals surface area (Å²) in [5, 5.41) is 0. The number of anilines is 1. The van der Waals surface area contributed by atoms with Gasteiger partial charge in [0.25, 0.3) is 10.0 Å². The van der Waals surface area contributed by atoms with Gasteiger partial charge in [-0.25, -0.2) is 30.4 Å². The Balaban J connectivity index is 1.84. The second-order valence-corrected chi connectivity index (χ2v) is 10.5. The van der Waals surface area contributed by atoms with Gasteiger partial charge in [0.15, 0.2) is 34.8 Å². The summed E-state index contributed by atoms with van der Waals surface area (Å²) < 4.78 is 118. The Morgan fingerprint density at radius 1 is 0.707 bits per heavy atom. The summed E-state index contributed by atoms with van der Waals surface area (Å²) in [4.78, 5) is -1.48. The molecule has 12 heteroatoms. The van der Waals surface area contributed by atoms with Crippen LogP contribution in [0.25, 0.3) is 0 Å². The van der Waals surface area contributed by atoms with Gasteiger partial charge in [-0.3, -0.25) is 4.31 Å². The average Bonchev–Trinajstić information content (AvgIpc) is 2.98. The second-order valence-electron chi connectivity index (χ2n) is 8.72. The maximum absolute atomic E-state index is 15.3. The van der Waals surface area contributed by atoms with Crippen LogP contribution in [-0.2, 0) is 34.5 Å². The highest BCUT2D eigenvalue weighted by Gasteiger charge is 2.37. The Morgan fingerprint density at radius 3 is 1.98 bits per heavy atom. The smallest absolute Gasteiger partial charge is 0.268 e. The third kappa shape index (κ3) is 6.28. The van der Waals surface area contributed by atoms with Crippen LogP contribution in [0.1, 0.15) is 16.7 Å². The molecule has 41 heavy (non-hydrogen) atoms. The molecule has 0 aromatic heterocycles. The fraction of sp³-hybridized carbons (Fsp3) is 0.172. The van der Waals surface area contributed by atoms with Crippen LogP contribution in [0.3, 0.4) is 0 Å². The van der Waals surface area contributed by atoms with E-state index >= 15 is 8.78 Å². The van der Waals surface area contributed by atoms with E-state index in [4.69, 9.17) is 14.2 Å². The fourth-order valence-corrected chi connectivity index (χ4v) is 5.74. The van der Waals surface area contributed by atoms with Crippen molar-refractivity contribution in [3.63, 3.8) is 0 Å². The molecule has 0 atom stereocenters. The van der Waals surface area contributed by atoms with Crippen molar-refractivity contribution in [1.29, 1.82) is 0 Å². The summed E-state index contributed by atoms with van der Waals surface area (Å²) in [6.07, 6.45) is 0. The molecule has 4 rings (SSSR count). The SMILES string of the molecule is COc1ccc(CN(c2ccc(OC)c(F)c2)S(=O)(=O)c2c(F)c(F)c(F)c(F)c2COCc2ccccc2)cc1. The van der Waals surface area contributed by atoms with E-state index in [1.54, 1.807) is 30.3 Å². The van der Waals surface area contributed by atoms with Gasteiger partial charge >= 0.3 is 0 Å². The standard InChI is InChI=1S/C29H24F5NO5S/c1-38-21-11-8-18(9-12-21)15-35(20-10-13-24(39-2)23(30)14-20)41(36,37)29-22(25(31)26(32)27(33)28(29)34)17-40-16-19-6-4-3-5-7-19/h3-14H,15-17H2,1-2H3. The van der Waals surface area contributed by atoms with Gasteiger partial charge in [0, 0.05) is 11.6 Å². The summed E-state index contributed by atoms with van der Waals surface area (Å²) in [6, 6.07) is 17.6. The van der Waals surface area contributed by atoms with E-state index in [1.807, 2.05) is 0 Å². The first-order chi connectivity index (χ1) is 19.6. The van der Waals surface area contributed by atoms with E-state index in [9.17, 15) is 21.6 Å². The Morgan fingerprint density at radius 2 is 1.37 bits per heavy atom. The van der Waals surface area contributed by atoms with Gasteiger partial charge in [0.1, 0.15) is 10.6 Å². The largest absolute Gasteiger partial charge is 0.497 e. The Bertz CT molecular complexity index is 1630. The highest BCUT2D eigenvalue weighted by molar-refractivity contribution is 7.92. The number of halogens is 5.